The predicted molar refractivity (Wildman–Crippen MR) is 52.9 cm³/mol. The number of hydrogen-bond donors (Lipinski definition) is 3. The smallest absolute Gasteiger partial charge is 0.336 e. The van der Waals surface area contributed by atoms with Crippen molar-refractivity contribution in [2.24, 2.45) is 0 Å². The second-order valence-corrected chi connectivity index (χ2v) is 3.24. The summed E-state index contributed by atoms with van der Waals surface area (Å²) in [7, 11) is 0. The van der Waals surface area contributed by atoms with Gasteiger partial charge in [0.15, 0.2) is 0 Å². The third kappa shape index (κ3) is 2.65. The summed E-state index contributed by atoms with van der Waals surface area (Å²) in [5.74, 6) is -1.37. The molecule has 1 rings (SSSR count). The molecule has 0 aliphatic rings. The zero-order valence-electron chi connectivity index (χ0n) is 7.67. The van der Waals surface area contributed by atoms with Crippen molar-refractivity contribution < 1.29 is 20.1 Å². The van der Waals surface area contributed by atoms with E-state index < -0.39 is 18.2 Å². The summed E-state index contributed by atoms with van der Waals surface area (Å²) in [6.45, 7) is 0. The fourth-order valence-electron chi connectivity index (χ4n) is 1.13. The molecule has 2 unspecified atom stereocenters. The molecule has 15 heavy (non-hydrogen) atoms. The summed E-state index contributed by atoms with van der Waals surface area (Å²) in [6, 6.07) is 1.25. The summed E-state index contributed by atoms with van der Waals surface area (Å²) in [5.41, 5.74) is -0.0418. The van der Waals surface area contributed by atoms with Gasteiger partial charge in [-0.15, -0.1) is 11.6 Å². The molecule has 2 atom stereocenters. The molecule has 0 saturated heterocycles. The molecule has 0 aromatic carbocycles. The molecule has 1 heterocycles. The van der Waals surface area contributed by atoms with Crippen molar-refractivity contribution in [2.45, 2.75) is 12.2 Å². The number of pyridine rings is 1. The Balaban J connectivity index is 3.07. The third-order valence-corrected chi connectivity index (χ3v) is 2.24. The summed E-state index contributed by atoms with van der Waals surface area (Å²) in [4.78, 5) is 14.5. The van der Waals surface area contributed by atoms with Crippen molar-refractivity contribution in [3.63, 3.8) is 0 Å². The first-order valence-corrected chi connectivity index (χ1v) is 4.70. The zero-order valence-corrected chi connectivity index (χ0v) is 8.42. The van der Waals surface area contributed by atoms with E-state index in [1.807, 2.05) is 0 Å². The number of rotatable bonds is 4. The quantitative estimate of drug-likeness (QED) is 0.653. The highest BCUT2D eigenvalue weighted by molar-refractivity contribution is 6.18. The van der Waals surface area contributed by atoms with Crippen LogP contribution >= 0.6 is 11.6 Å². The van der Waals surface area contributed by atoms with Crippen LogP contribution in [-0.2, 0) is 0 Å². The monoisotopic (exact) mass is 231 g/mol. The lowest BCUT2D eigenvalue weighted by molar-refractivity contribution is 0.0310. The van der Waals surface area contributed by atoms with Crippen LogP contribution in [0.4, 0.5) is 0 Å². The van der Waals surface area contributed by atoms with Gasteiger partial charge in [0.1, 0.15) is 6.10 Å². The van der Waals surface area contributed by atoms with Gasteiger partial charge < -0.3 is 15.3 Å². The highest BCUT2D eigenvalue weighted by Gasteiger charge is 2.22. The highest BCUT2D eigenvalue weighted by atomic mass is 35.5. The van der Waals surface area contributed by atoms with Crippen molar-refractivity contribution in [3.8, 4) is 0 Å². The van der Waals surface area contributed by atoms with Crippen molar-refractivity contribution in [2.75, 3.05) is 5.88 Å². The van der Waals surface area contributed by atoms with Crippen molar-refractivity contribution in [3.05, 3.63) is 29.6 Å². The van der Waals surface area contributed by atoms with Crippen LogP contribution in [0.3, 0.4) is 0 Å². The van der Waals surface area contributed by atoms with Crippen LogP contribution in [0.1, 0.15) is 22.0 Å². The Morgan fingerprint density at radius 1 is 1.53 bits per heavy atom. The van der Waals surface area contributed by atoms with E-state index >= 15 is 0 Å². The first-order chi connectivity index (χ1) is 7.07. The van der Waals surface area contributed by atoms with E-state index in [2.05, 4.69) is 4.98 Å². The number of carbonyl (C=O) groups is 1. The van der Waals surface area contributed by atoms with Gasteiger partial charge in [0, 0.05) is 18.0 Å². The van der Waals surface area contributed by atoms with Crippen LogP contribution < -0.4 is 0 Å². The molecular formula is C9H10ClNO4. The fraction of sp³-hybridized carbons (Fsp3) is 0.333. The van der Waals surface area contributed by atoms with Crippen LogP contribution in [0.2, 0.25) is 0 Å². The molecule has 0 aliphatic heterocycles. The number of aromatic nitrogens is 1. The first-order valence-electron chi connectivity index (χ1n) is 4.17. The molecule has 3 N–H and O–H groups in total. The van der Waals surface area contributed by atoms with Gasteiger partial charge in [-0.25, -0.2) is 4.79 Å². The molecule has 6 heteroatoms. The number of nitrogens with zero attached hydrogens (tertiary/aromatic N) is 1. The molecule has 0 bridgehead atoms. The van der Waals surface area contributed by atoms with E-state index in [0.717, 1.165) is 0 Å². The Morgan fingerprint density at radius 3 is 2.73 bits per heavy atom. The molecule has 1 aromatic heterocycles. The number of aromatic carboxylic acids is 1. The Labute approximate surface area is 91.0 Å². The molecule has 0 spiro atoms. The van der Waals surface area contributed by atoms with E-state index in [-0.39, 0.29) is 17.0 Å². The van der Waals surface area contributed by atoms with Gasteiger partial charge in [0.05, 0.1) is 17.5 Å². The van der Waals surface area contributed by atoms with Gasteiger partial charge in [0.2, 0.25) is 0 Å². The van der Waals surface area contributed by atoms with Crippen molar-refractivity contribution >= 4 is 17.6 Å². The normalized spacial score (nSPS) is 14.6. The maximum atomic E-state index is 10.8. The highest BCUT2D eigenvalue weighted by Crippen LogP contribution is 2.20. The van der Waals surface area contributed by atoms with E-state index in [4.69, 9.17) is 16.7 Å². The minimum Gasteiger partial charge on any atom is -0.478 e. The van der Waals surface area contributed by atoms with Crippen LogP contribution in [0, 0.1) is 0 Å². The van der Waals surface area contributed by atoms with Crippen molar-refractivity contribution in [1.82, 2.24) is 4.98 Å². The lowest BCUT2D eigenvalue weighted by Gasteiger charge is -2.16. The lowest BCUT2D eigenvalue weighted by Crippen LogP contribution is -2.22. The molecule has 5 nitrogen and oxygen atoms in total. The molecule has 0 radical (unpaired) electrons. The van der Waals surface area contributed by atoms with Crippen LogP contribution in [0.15, 0.2) is 18.5 Å². The Kier molecular flexibility index (Phi) is 4.02. The Morgan fingerprint density at radius 2 is 2.20 bits per heavy atom. The Bertz CT molecular complexity index is 358. The number of halogens is 1. The number of alkyl halides is 1. The predicted octanol–water partition coefficient (Wildman–Crippen LogP) is 0.413. The molecule has 0 aliphatic carbocycles. The summed E-state index contributed by atoms with van der Waals surface area (Å²) in [6.07, 6.45) is -0.0623. The summed E-state index contributed by atoms with van der Waals surface area (Å²) < 4.78 is 0. The van der Waals surface area contributed by atoms with E-state index in [1.54, 1.807) is 0 Å². The number of aliphatic hydroxyl groups excluding tert-OH is 2. The van der Waals surface area contributed by atoms with Crippen LogP contribution in [-0.4, -0.2) is 38.3 Å². The minimum absolute atomic E-state index is 0.0538. The van der Waals surface area contributed by atoms with E-state index in [0.29, 0.717) is 0 Å². The van der Waals surface area contributed by atoms with Crippen LogP contribution in [0.5, 0.6) is 0 Å². The SMILES string of the molecule is O=C(O)c1ccncc1C(O)C(O)CCl. The zero-order chi connectivity index (χ0) is 11.4. The van der Waals surface area contributed by atoms with Gasteiger partial charge >= 0.3 is 5.97 Å². The maximum Gasteiger partial charge on any atom is 0.336 e. The lowest BCUT2D eigenvalue weighted by atomic mass is 10.0. The molecule has 0 fully saturated rings. The third-order valence-electron chi connectivity index (χ3n) is 1.92. The number of hydrogen-bond acceptors (Lipinski definition) is 4. The first kappa shape index (κ1) is 11.9. The van der Waals surface area contributed by atoms with E-state index in [9.17, 15) is 15.0 Å². The Hall–Kier alpha value is -1.17. The molecule has 82 valence electrons. The second kappa shape index (κ2) is 5.06. The molecule has 0 saturated carbocycles. The van der Waals surface area contributed by atoms with Crippen molar-refractivity contribution in [1.29, 1.82) is 0 Å². The van der Waals surface area contributed by atoms with Gasteiger partial charge in [0.25, 0.3) is 0 Å². The van der Waals surface area contributed by atoms with Gasteiger partial charge in [-0.05, 0) is 6.07 Å². The van der Waals surface area contributed by atoms with Gasteiger partial charge in [-0.1, -0.05) is 0 Å². The summed E-state index contributed by atoms with van der Waals surface area (Å²) in [5, 5.41) is 27.7. The molecule has 1 aromatic rings. The average molecular weight is 232 g/mol. The fourth-order valence-corrected chi connectivity index (χ4v) is 1.30. The van der Waals surface area contributed by atoms with E-state index in [1.165, 1.54) is 18.5 Å². The van der Waals surface area contributed by atoms with Gasteiger partial charge in [-0.2, -0.15) is 0 Å². The largest absolute Gasteiger partial charge is 0.478 e. The topological polar surface area (TPSA) is 90.7 Å². The maximum absolute atomic E-state index is 10.8. The van der Waals surface area contributed by atoms with Gasteiger partial charge in [-0.3, -0.25) is 4.98 Å². The minimum atomic E-state index is -1.35. The second-order valence-electron chi connectivity index (χ2n) is 2.93. The number of aliphatic hydroxyl groups is 2. The average Bonchev–Trinajstić information content (AvgIpc) is 2.27. The number of carboxylic acids is 1. The van der Waals surface area contributed by atoms with Crippen LogP contribution in [0.25, 0.3) is 0 Å². The molecular weight excluding hydrogens is 222 g/mol. The number of carboxylic acid groups (broad SMARTS) is 1. The summed E-state index contributed by atoms with van der Waals surface area (Å²) >= 11 is 5.35. The molecule has 0 amide bonds. The standard InChI is InChI=1S/C9H10ClNO4/c10-3-7(12)8(13)6-4-11-2-1-5(6)9(14)15/h1-2,4,7-8,12-13H,3H2,(H,14,15).